The maximum Gasteiger partial charge on any atom is 0.255 e. The van der Waals surface area contributed by atoms with Gasteiger partial charge in [-0.15, -0.1) is 0 Å². The molecular weight excluding hydrogens is 329 g/mol. The van der Waals surface area contributed by atoms with Gasteiger partial charge in [0.25, 0.3) is 6.34 Å². The lowest BCUT2D eigenvalue weighted by Crippen LogP contribution is -2.38. The zero-order valence-electron chi connectivity index (χ0n) is 12.1. The Balaban J connectivity index is 2.17. The Hall–Kier alpha value is -2.37. The standard InChI is InChI=1S/C18H12Cl2N3/c19-15-7-5-14(6-8-15)18(11-21,12-23-10-9-22-13-23)16-3-1-2-4-17(16)20/h1-10H,12H2/q+1. The zero-order valence-corrected chi connectivity index (χ0v) is 13.6. The fourth-order valence-corrected chi connectivity index (χ4v) is 3.06. The highest BCUT2D eigenvalue weighted by atomic mass is 35.5. The topological polar surface area (TPSA) is 39.4 Å². The van der Waals surface area contributed by atoms with Crippen molar-refractivity contribution < 1.29 is 0 Å². The Morgan fingerprint density at radius 1 is 1.13 bits per heavy atom. The van der Waals surface area contributed by atoms with E-state index in [2.05, 4.69) is 17.4 Å². The van der Waals surface area contributed by atoms with Gasteiger partial charge >= 0.3 is 0 Å². The first kappa shape index (κ1) is 15.5. The molecule has 0 fully saturated rings. The molecule has 0 spiro atoms. The number of hydrogen-bond acceptors (Lipinski definition) is 3. The van der Waals surface area contributed by atoms with E-state index >= 15 is 0 Å². The molecule has 2 aromatic carbocycles. The lowest BCUT2D eigenvalue weighted by molar-refractivity contribution is 0.477. The molecule has 3 rings (SSSR count). The summed E-state index contributed by atoms with van der Waals surface area (Å²) in [5.41, 5.74) is 0.605. The van der Waals surface area contributed by atoms with Crippen molar-refractivity contribution in [3.8, 4) is 6.07 Å². The summed E-state index contributed by atoms with van der Waals surface area (Å²) in [7, 11) is 0. The molecule has 0 N–H and O–H groups in total. The van der Waals surface area contributed by atoms with E-state index in [1.165, 1.54) is 0 Å². The molecule has 1 heterocycles. The molecule has 0 bridgehead atoms. The number of benzene rings is 2. The monoisotopic (exact) mass is 340 g/mol. The fourth-order valence-electron chi connectivity index (χ4n) is 2.63. The zero-order chi connectivity index (χ0) is 16.3. The first-order chi connectivity index (χ1) is 11.2. The van der Waals surface area contributed by atoms with Crippen LogP contribution in [-0.2, 0) is 5.41 Å². The maximum atomic E-state index is 10.1. The van der Waals surface area contributed by atoms with Crippen molar-refractivity contribution in [3.63, 3.8) is 0 Å². The summed E-state index contributed by atoms with van der Waals surface area (Å²) in [6.45, 7) is 0.356. The lowest BCUT2D eigenvalue weighted by atomic mass is 9.75. The van der Waals surface area contributed by atoms with Gasteiger partial charge in [0.1, 0.15) is 5.41 Å². The van der Waals surface area contributed by atoms with Crippen LogP contribution in [0, 0.1) is 11.3 Å². The van der Waals surface area contributed by atoms with E-state index in [9.17, 15) is 5.26 Å². The smallest absolute Gasteiger partial charge is 0.197 e. The molecular formula is C18H12Cl2N3+. The van der Waals surface area contributed by atoms with E-state index in [0.717, 1.165) is 11.1 Å². The third kappa shape index (κ3) is 2.93. The first-order valence-electron chi connectivity index (χ1n) is 6.97. The Morgan fingerprint density at radius 3 is 2.48 bits per heavy atom. The van der Waals surface area contributed by atoms with Crippen LogP contribution >= 0.6 is 23.2 Å². The van der Waals surface area contributed by atoms with Crippen LogP contribution in [0.25, 0.3) is 0 Å². The van der Waals surface area contributed by atoms with Gasteiger partial charge < -0.3 is 0 Å². The number of halogens is 2. The summed E-state index contributed by atoms with van der Waals surface area (Å²) in [4.78, 5) is 5.69. The third-order valence-electron chi connectivity index (χ3n) is 3.78. The van der Waals surface area contributed by atoms with Gasteiger partial charge in [-0.2, -0.15) is 10.2 Å². The second-order valence-electron chi connectivity index (χ2n) is 5.16. The van der Waals surface area contributed by atoms with Gasteiger partial charge in [-0.25, -0.2) is 0 Å². The highest BCUT2D eigenvalue weighted by Crippen LogP contribution is 2.37. The molecule has 1 unspecified atom stereocenters. The highest BCUT2D eigenvalue weighted by molar-refractivity contribution is 6.31. The van der Waals surface area contributed by atoms with Crippen LogP contribution in [0.5, 0.6) is 0 Å². The van der Waals surface area contributed by atoms with Crippen molar-refractivity contribution in [2.24, 2.45) is 4.99 Å². The quantitative estimate of drug-likeness (QED) is 0.769. The van der Waals surface area contributed by atoms with E-state index < -0.39 is 5.41 Å². The lowest BCUT2D eigenvalue weighted by Gasteiger charge is -2.29. The van der Waals surface area contributed by atoms with Crippen LogP contribution in [0.1, 0.15) is 11.1 Å². The van der Waals surface area contributed by atoms with Crippen molar-refractivity contribution in [2.45, 2.75) is 5.41 Å². The van der Waals surface area contributed by atoms with Crippen molar-refractivity contribution in [1.82, 2.24) is 4.90 Å². The van der Waals surface area contributed by atoms with E-state index in [4.69, 9.17) is 23.2 Å². The second-order valence-corrected chi connectivity index (χ2v) is 6.00. The van der Waals surface area contributed by atoms with Gasteiger partial charge in [-0.1, -0.05) is 53.5 Å². The van der Waals surface area contributed by atoms with Crippen LogP contribution in [-0.4, -0.2) is 17.8 Å². The summed E-state index contributed by atoms with van der Waals surface area (Å²) in [5.74, 6) is 0. The van der Waals surface area contributed by atoms with E-state index in [-0.39, 0.29) is 0 Å². The summed E-state index contributed by atoms with van der Waals surface area (Å²) < 4.78 is 0. The molecule has 0 saturated carbocycles. The summed E-state index contributed by atoms with van der Waals surface area (Å²) in [6.07, 6.45) is 6.26. The summed E-state index contributed by atoms with van der Waals surface area (Å²) in [5, 5.41) is 11.3. The molecule has 0 radical (unpaired) electrons. The van der Waals surface area contributed by atoms with Crippen LogP contribution in [0.2, 0.25) is 10.0 Å². The Kier molecular flexibility index (Phi) is 4.32. The molecule has 23 heavy (non-hydrogen) atoms. The summed E-state index contributed by atoms with van der Waals surface area (Å²) in [6, 6.07) is 17.1. The molecule has 5 heteroatoms. The van der Waals surface area contributed by atoms with Crippen molar-refractivity contribution in [3.05, 3.63) is 82.1 Å². The van der Waals surface area contributed by atoms with Crippen LogP contribution < -0.4 is 0 Å². The van der Waals surface area contributed by atoms with Crippen molar-refractivity contribution in [1.29, 1.82) is 5.26 Å². The van der Waals surface area contributed by atoms with Gasteiger partial charge in [0.15, 0.2) is 6.20 Å². The second kappa shape index (κ2) is 6.40. The third-order valence-corrected chi connectivity index (χ3v) is 4.36. The SMILES string of the molecule is N#CC(CN1[C+]=NC=C1)(c1ccc(Cl)cc1)c1ccccc1Cl. The van der Waals surface area contributed by atoms with Gasteiger partial charge in [-0.05, 0) is 34.3 Å². The molecule has 3 nitrogen and oxygen atoms in total. The number of nitriles is 1. The normalized spacial score (nSPS) is 15.1. The predicted octanol–water partition coefficient (Wildman–Crippen LogP) is 4.50. The van der Waals surface area contributed by atoms with Crippen LogP contribution in [0.3, 0.4) is 0 Å². The van der Waals surface area contributed by atoms with Crippen LogP contribution in [0.4, 0.5) is 0 Å². The molecule has 2 aromatic rings. The molecule has 1 atom stereocenters. The molecule has 0 amide bonds. The molecule has 0 saturated heterocycles. The Labute approximate surface area is 145 Å². The maximum absolute atomic E-state index is 10.1. The van der Waals surface area contributed by atoms with E-state index in [1.54, 1.807) is 35.5 Å². The van der Waals surface area contributed by atoms with E-state index in [1.807, 2.05) is 30.3 Å². The fraction of sp³-hybridized carbons (Fsp3) is 0.111. The largest absolute Gasteiger partial charge is 0.255 e. The van der Waals surface area contributed by atoms with Crippen molar-refractivity contribution >= 4 is 29.5 Å². The van der Waals surface area contributed by atoms with Crippen LogP contribution in [0.15, 0.2) is 65.9 Å². The average Bonchev–Trinajstić information content (AvgIpc) is 3.07. The minimum absolute atomic E-state index is 0.356. The molecule has 0 aromatic heterocycles. The van der Waals surface area contributed by atoms with E-state index in [0.29, 0.717) is 16.6 Å². The first-order valence-corrected chi connectivity index (χ1v) is 7.72. The Bertz CT molecular complexity index is 794. The van der Waals surface area contributed by atoms with Gasteiger partial charge in [-0.3, -0.25) is 0 Å². The molecule has 1 aliphatic heterocycles. The number of aliphatic imine (C=N–C) groups is 1. The predicted molar refractivity (Wildman–Crippen MR) is 92.6 cm³/mol. The van der Waals surface area contributed by atoms with Crippen molar-refractivity contribution in [2.75, 3.05) is 6.54 Å². The molecule has 1 aliphatic rings. The average molecular weight is 341 g/mol. The highest BCUT2D eigenvalue weighted by Gasteiger charge is 2.40. The Morgan fingerprint density at radius 2 is 1.87 bits per heavy atom. The number of nitrogens with zero attached hydrogens (tertiary/aromatic N) is 3. The van der Waals surface area contributed by atoms with Gasteiger partial charge in [0.05, 0.1) is 12.6 Å². The summed E-state index contributed by atoms with van der Waals surface area (Å²) >= 11 is 12.4. The minimum atomic E-state index is -0.958. The number of rotatable bonds is 4. The molecule has 112 valence electrons. The van der Waals surface area contributed by atoms with Gasteiger partial charge in [0.2, 0.25) is 6.20 Å². The van der Waals surface area contributed by atoms with Gasteiger partial charge in [0, 0.05) is 10.0 Å². The number of hydrogen-bond donors (Lipinski definition) is 0. The molecule has 0 aliphatic carbocycles. The minimum Gasteiger partial charge on any atom is -0.197 e.